The van der Waals surface area contributed by atoms with Gasteiger partial charge in [-0.2, -0.15) is 8.61 Å². The van der Waals surface area contributed by atoms with Crippen LogP contribution in [0.3, 0.4) is 0 Å². The van der Waals surface area contributed by atoms with Crippen LogP contribution in [0, 0.1) is 13.8 Å². The maximum absolute atomic E-state index is 13.8. The molecule has 3 fully saturated rings. The number of carbonyl (C=O) groups is 2. The molecule has 0 aliphatic carbocycles. The van der Waals surface area contributed by atoms with Crippen molar-refractivity contribution in [3.05, 3.63) is 71.3 Å². The smallest absolute Gasteiger partial charge is 0.243 e. The van der Waals surface area contributed by atoms with Crippen LogP contribution in [0.15, 0.2) is 70.0 Å². The topological polar surface area (TPSA) is 115 Å². The van der Waals surface area contributed by atoms with Gasteiger partial charge >= 0.3 is 0 Å². The highest BCUT2D eigenvalue weighted by Crippen LogP contribution is 2.34. The van der Waals surface area contributed by atoms with Crippen molar-refractivity contribution in [1.29, 1.82) is 0 Å². The minimum Gasteiger partial charge on any atom is -0.335 e. The standard InChI is InChI=1S/C30H36N4O6S2/c1-21-7-11-24(12-8-21)41(37,38)33-16-3-5-26(33)29(35)31-19-23-15-18-32(28(23)20-31)30(36)27-6-4-17-34(27)42(39,40)25-13-9-22(2)10-14-25/h7-15,26-28H,3-6,16-20H2,1-2H3/t26-,27-,28+/m0/s1. The lowest BCUT2D eigenvalue weighted by Gasteiger charge is -2.31. The Bertz CT molecular complexity index is 1640. The zero-order valence-electron chi connectivity index (χ0n) is 23.8. The maximum atomic E-state index is 13.8. The molecule has 224 valence electrons. The van der Waals surface area contributed by atoms with Crippen molar-refractivity contribution < 1.29 is 26.4 Å². The van der Waals surface area contributed by atoms with Crippen molar-refractivity contribution in [2.24, 2.45) is 0 Å². The average Bonchev–Trinajstić information content (AvgIpc) is 3.76. The molecule has 0 radical (unpaired) electrons. The van der Waals surface area contributed by atoms with Gasteiger partial charge in [0.05, 0.1) is 15.8 Å². The summed E-state index contributed by atoms with van der Waals surface area (Å²) in [6.07, 6.45) is 4.02. The van der Waals surface area contributed by atoms with E-state index in [1.165, 1.54) is 8.61 Å². The Kier molecular flexibility index (Phi) is 7.53. The molecule has 3 atom stereocenters. The van der Waals surface area contributed by atoms with E-state index in [-0.39, 0.29) is 47.3 Å². The summed E-state index contributed by atoms with van der Waals surface area (Å²) < 4.78 is 56.4. The molecule has 10 nitrogen and oxygen atoms in total. The largest absolute Gasteiger partial charge is 0.335 e. The van der Waals surface area contributed by atoms with Gasteiger partial charge in [0.1, 0.15) is 12.1 Å². The first kappa shape index (κ1) is 29.0. The number of aryl methyl sites for hydroxylation is 2. The number of carbonyl (C=O) groups excluding carboxylic acids is 2. The summed E-state index contributed by atoms with van der Waals surface area (Å²) in [4.78, 5) is 31.2. The van der Waals surface area contributed by atoms with Crippen molar-refractivity contribution in [1.82, 2.24) is 18.4 Å². The quantitative estimate of drug-likeness (QED) is 0.463. The summed E-state index contributed by atoms with van der Waals surface area (Å²) in [5.74, 6) is -0.506. The van der Waals surface area contributed by atoms with Gasteiger partial charge in [-0.15, -0.1) is 0 Å². The monoisotopic (exact) mass is 612 g/mol. The summed E-state index contributed by atoms with van der Waals surface area (Å²) in [6, 6.07) is 11.4. The number of rotatable bonds is 6. The van der Waals surface area contributed by atoms with Crippen LogP contribution in [0.4, 0.5) is 0 Å². The molecule has 3 saturated heterocycles. The number of sulfonamides is 2. The van der Waals surface area contributed by atoms with E-state index in [9.17, 15) is 26.4 Å². The van der Waals surface area contributed by atoms with Gasteiger partial charge < -0.3 is 9.80 Å². The zero-order chi connectivity index (χ0) is 29.8. The Hall–Kier alpha value is -3.06. The molecule has 12 heteroatoms. The third-order valence-electron chi connectivity index (χ3n) is 8.95. The first-order chi connectivity index (χ1) is 20.0. The summed E-state index contributed by atoms with van der Waals surface area (Å²) in [6.45, 7) is 5.30. The molecule has 2 aromatic carbocycles. The van der Waals surface area contributed by atoms with Crippen LogP contribution in [0.2, 0.25) is 0 Å². The summed E-state index contributed by atoms with van der Waals surface area (Å²) >= 11 is 0. The summed E-state index contributed by atoms with van der Waals surface area (Å²) in [7, 11) is -7.67. The number of hydrogen-bond donors (Lipinski definition) is 0. The van der Waals surface area contributed by atoms with E-state index in [4.69, 9.17) is 0 Å². The molecule has 0 bridgehead atoms. The third kappa shape index (κ3) is 4.97. The second-order valence-corrected chi connectivity index (χ2v) is 15.5. The van der Waals surface area contributed by atoms with E-state index in [2.05, 4.69) is 0 Å². The lowest BCUT2D eigenvalue weighted by molar-refractivity contribution is -0.137. The van der Waals surface area contributed by atoms with Gasteiger partial charge in [0.2, 0.25) is 31.9 Å². The van der Waals surface area contributed by atoms with Crippen LogP contribution in [0.5, 0.6) is 0 Å². The predicted octanol–water partition coefficient (Wildman–Crippen LogP) is 2.29. The molecule has 0 aromatic heterocycles. The second kappa shape index (κ2) is 10.9. The van der Waals surface area contributed by atoms with Gasteiger partial charge in [-0.3, -0.25) is 9.59 Å². The van der Waals surface area contributed by atoms with Gasteiger partial charge in [-0.05, 0) is 69.4 Å². The van der Waals surface area contributed by atoms with Crippen molar-refractivity contribution in [2.75, 3.05) is 32.7 Å². The number of hydrogen-bond acceptors (Lipinski definition) is 6. The van der Waals surface area contributed by atoms with Gasteiger partial charge in [0, 0.05) is 32.7 Å². The van der Waals surface area contributed by atoms with E-state index in [0.717, 1.165) is 16.7 Å². The number of fused-ring (bicyclic) bond motifs is 1. The third-order valence-corrected chi connectivity index (χ3v) is 12.8. The van der Waals surface area contributed by atoms with Crippen LogP contribution in [0.1, 0.15) is 36.8 Å². The fourth-order valence-electron chi connectivity index (χ4n) is 6.61. The molecule has 42 heavy (non-hydrogen) atoms. The Morgan fingerprint density at radius 2 is 1.19 bits per heavy atom. The Morgan fingerprint density at radius 3 is 1.69 bits per heavy atom. The van der Waals surface area contributed by atoms with E-state index in [1.807, 2.05) is 19.9 Å². The first-order valence-corrected chi connectivity index (χ1v) is 17.3. The predicted molar refractivity (Wildman–Crippen MR) is 156 cm³/mol. The van der Waals surface area contributed by atoms with E-state index in [1.54, 1.807) is 58.3 Å². The van der Waals surface area contributed by atoms with Crippen molar-refractivity contribution in [2.45, 2.75) is 67.4 Å². The molecule has 4 heterocycles. The van der Waals surface area contributed by atoms with E-state index >= 15 is 0 Å². The molecule has 6 rings (SSSR count). The molecule has 4 aliphatic rings. The van der Waals surface area contributed by atoms with Crippen LogP contribution in [-0.4, -0.2) is 97.9 Å². The normalized spacial score (nSPS) is 25.2. The number of likely N-dealkylation sites (tertiary alicyclic amines) is 1. The SMILES string of the molecule is Cc1ccc(S(=O)(=O)N2CCC[C@H]2C(=O)N2CC3=CCN(C(=O)[C@@H]4CCCN4S(=O)(=O)c4ccc(C)cc4)[C@@H]3C2)cc1. The Labute approximate surface area is 247 Å². The summed E-state index contributed by atoms with van der Waals surface area (Å²) in [5, 5.41) is 0. The molecular formula is C30H36N4O6S2. The second-order valence-electron chi connectivity index (χ2n) is 11.7. The molecule has 0 spiro atoms. The fraction of sp³-hybridized carbons (Fsp3) is 0.467. The van der Waals surface area contributed by atoms with Gasteiger partial charge in [-0.1, -0.05) is 41.5 Å². The molecule has 2 aromatic rings. The van der Waals surface area contributed by atoms with Gasteiger partial charge in [-0.25, -0.2) is 16.8 Å². The zero-order valence-corrected chi connectivity index (χ0v) is 25.5. The Balaban J connectivity index is 1.16. The van der Waals surface area contributed by atoms with Crippen molar-refractivity contribution in [3.63, 3.8) is 0 Å². The number of benzene rings is 2. The average molecular weight is 613 g/mol. The van der Waals surface area contributed by atoms with Crippen LogP contribution < -0.4 is 0 Å². The molecular weight excluding hydrogens is 576 g/mol. The van der Waals surface area contributed by atoms with Crippen molar-refractivity contribution >= 4 is 31.9 Å². The minimum atomic E-state index is -3.84. The minimum absolute atomic E-state index is 0.173. The van der Waals surface area contributed by atoms with Crippen LogP contribution >= 0.6 is 0 Å². The van der Waals surface area contributed by atoms with Gasteiger partial charge in [0.25, 0.3) is 0 Å². The number of nitrogens with zero attached hydrogens (tertiary/aromatic N) is 4. The lowest BCUT2D eigenvalue weighted by Crippen LogP contribution is -2.51. The Morgan fingerprint density at radius 1 is 0.714 bits per heavy atom. The lowest BCUT2D eigenvalue weighted by atomic mass is 10.1. The van der Waals surface area contributed by atoms with E-state index in [0.29, 0.717) is 38.8 Å². The molecule has 0 saturated carbocycles. The highest BCUT2D eigenvalue weighted by molar-refractivity contribution is 7.89. The highest BCUT2D eigenvalue weighted by Gasteiger charge is 2.48. The number of amides is 2. The summed E-state index contributed by atoms with van der Waals surface area (Å²) in [5.41, 5.74) is 2.84. The van der Waals surface area contributed by atoms with E-state index < -0.39 is 32.1 Å². The molecule has 2 amide bonds. The first-order valence-electron chi connectivity index (χ1n) is 14.4. The maximum Gasteiger partial charge on any atom is 0.243 e. The molecule has 0 N–H and O–H groups in total. The van der Waals surface area contributed by atoms with Gasteiger partial charge in [0.15, 0.2) is 0 Å². The van der Waals surface area contributed by atoms with Crippen LogP contribution in [0.25, 0.3) is 0 Å². The molecule has 4 aliphatic heterocycles. The van der Waals surface area contributed by atoms with Crippen molar-refractivity contribution in [3.8, 4) is 0 Å². The van der Waals surface area contributed by atoms with Crippen LogP contribution in [-0.2, 0) is 29.6 Å². The molecule has 0 unspecified atom stereocenters. The fourth-order valence-corrected chi connectivity index (χ4v) is 9.91. The highest BCUT2D eigenvalue weighted by atomic mass is 32.2.